The molecule has 2 heterocycles. The van der Waals surface area contributed by atoms with Gasteiger partial charge in [0.05, 0.1) is 20.1 Å². The molecule has 3 amide bonds. The number of methoxy groups -OCH3 is 1. The van der Waals surface area contributed by atoms with Gasteiger partial charge in [0.2, 0.25) is 17.7 Å². The Morgan fingerprint density at radius 2 is 1.80 bits per heavy atom. The number of hydrogen-bond donors (Lipinski definition) is 2. The molecule has 4 rings (SSSR count). The summed E-state index contributed by atoms with van der Waals surface area (Å²) in [5.41, 5.74) is 2.86. The number of ether oxygens (including phenoxy) is 1. The average molecular weight is 480 g/mol. The first-order chi connectivity index (χ1) is 16.9. The molecule has 9 heteroatoms. The van der Waals surface area contributed by atoms with Crippen molar-refractivity contribution < 1.29 is 19.1 Å². The normalized spacial score (nSPS) is 18.7. The van der Waals surface area contributed by atoms with Crippen LogP contribution in [0.25, 0.3) is 0 Å². The van der Waals surface area contributed by atoms with Crippen LogP contribution in [0.5, 0.6) is 5.75 Å². The second-order valence-corrected chi connectivity index (χ2v) is 8.98. The molecule has 9 nitrogen and oxygen atoms in total. The molecule has 2 saturated heterocycles. The summed E-state index contributed by atoms with van der Waals surface area (Å²) in [6.07, 6.45) is -0.0743. The topological polar surface area (TPSA) is 94.2 Å². The second-order valence-electron chi connectivity index (χ2n) is 8.98. The average Bonchev–Trinajstić information content (AvgIpc) is 2.87. The predicted molar refractivity (Wildman–Crippen MR) is 135 cm³/mol. The number of nitrogens with zero attached hydrogens (tertiary/aromatic N) is 3. The lowest BCUT2D eigenvalue weighted by atomic mass is 10.1. The monoisotopic (exact) mass is 479 g/mol. The zero-order chi connectivity index (χ0) is 24.8. The lowest BCUT2D eigenvalue weighted by Gasteiger charge is -2.39. The number of aryl methyl sites for hydroxylation is 1. The third kappa shape index (κ3) is 6.30. The number of rotatable bonds is 7. The largest absolute Gasteiger partial charge is 0.497 e. The Labute approximate surface area is 206 Å². The Kier molecular flexibility index (Phi) is 7.87. The van der Waals surface area contributed by atoms with Gasteiger partial charge in [-0.15, -0.1) is 0 Å². The van der Waals surface area contributed by atoms with Crippen molar-refractivity contribution in [3.63, 3.8) is 0 Å². The summed E-state index contributed by atoms with van der Waals surface area (Å²) in [4.78, 5) is 44.3. The molecule has 2 aliphatic heterocycles. The fourth-order valence-electron chi connectivity index (χ4n) is 4.49. The highest BCUT2D eigenvalue weighted by molar-refractivity contribution is 5.97. The Bertz CT molecular complexity index is 1050. The lowest BCUT2D eigenvalue weighted by molar-refractivity contribution is -0.145. The van der Waals surface area contributed by atoms with E-state index in [1.165, 1.54) is 0 Å². The summed E-state index contributed by atoms with van der Waals surface area (Å²) in [5.74, 6) is 0.121. The smallest absolute Gasteiger partial charge is 0.243 e. The standard InChI is InChI=1S/C26H33N5O4/c1-19-6-8-20(9-7-19)28-24(32)17-23-26(34)27-10-11-31(23)25(33)18-29-12-14-30(15-13-29)21-4-3-5-22(16-21)35-2/h3-9,16,23H,10-15,17-18H2,1-2H3,(H,27,34)(H,28,32)/t23-/m1/s1. The van der Waals surface area contributed by atoms with Crippen molar-refractivity contribution in [2.75, 3.05) is 63.1 Å². The number of amides is 3. The van der Waals surface area contributed by atoms with E-state index in [2.05, 4.69) is 26.5 Å². The van der Waals surface area contributed by atoms with Crippen molar-refractivity contribution in [2.24, 2.45) is 0 Å². The van der Waals surface area contributed by atoms with E-state index in [0.29, 0.717) is 18.8 Å². The van der Waals surface area contributed by atoms with E-state index in [4.69, 9.17) is 4.74 Å². The summed E-state index contributed by atoms with van der Waals surface area (Å²) in [6.45, 7) is 6.06. The van der Waals surface area contributed by atoms with E-state index in [1.54, 1.807) is 12.0 Å². The van der Waals surface area contributed by atoms with Crippen molar-refractivity contribution in [3.8, 4) is 5.75 Å². The number of piperazine rings is 2. The van der Waals surface area contributed by atoms with E-state index in [9.17, 15) is 14.4 Å². The molecule has 2 N–H and O–H groups in total. The fraction of sp³-hybridized carbons (Fsp3) is 0.423. The van der Waals surface area contributed by atoms with Crippen LogP contribution < -0.4 is 20.3 Å². The summed E-state index contributed by atoms with van der Waals surface area (Å²) in [6, 6.07) is 14.6. The highest BCUT2D eigenvalue weighted by Gasteiger charge is 2.35. The van der Waals surface area contributed by atoms with Crippen molar-refractivity contribution in [2.45, 2.75) is 19.4 Å². The van der Waals surface area contributed by atoms with Gasteiger partial charge in [-0.2, -0.15) is 0 Å². The molecule has 2 fully saturated rings. The van der Waals surface area contributed by atoms with Crippen LogP contribution in [0.4, 0.5) is 11.4 Å². The summed E-state index contributed by atoms with van der Waals surface area (Å²) < 4.78 is 5.32. The second kappa shape index (κ2) is 11.2. The van der Waals surface area contributed by atoms with E-state index in [0.717, 1.165) is 43.2 Å². The van der Waals surface area contributed by atoms with E-state index in [-0.39, 0.29) is 30.7 Å². The Balaban J connectivity index is 1.32. The zero-order valence-corrected chi connectivity index (χ0v) is 20.3. The first kappa shape index (κ1) is 24.5. The van der Waals surface area contributed by atoms with Crippen LogP contribution in [0, 0.1) is 6.92 Å². The van der Waals surface area contributed by atoms with Crippen molar-refractivity contribution in [3.05, 3.63) is 54.1 Å². The van der Waals surface area contributed by atoms with E-state index < -0.39 is 6.04 Å². The first-order valence-electron chi connectivity index (χ1n) is 12.0. The van der Waals surface area contributed by atoms with Gasteiger partial charge in [0, 0.05) is 56.7 Å². The number of carbonyl (C=O) groups excluding carboxylic acids is 3. The highest BCUT2D eigenvalue weighted by Crippen LogP contribution is 2.22. The Hall–Kier alpha value is -3.59. The highest BCUT2D eigenvalue weighted by atomic mass is 16.5. The minimum absolute atomic E-state index is 0.0743. The molecule has 1 atom stereocenters. The van der Waals surface area contributed by atoms with Gasteiger partial charge < -0.3 is 25.2 Å². The predicted octanol–water partition coefficient (Wildman–Crippen LogP) is 1.48. The number of carbonyl (C=O) groups is 3. The number of benzene rings is 2. The van der Waals surface area contributed by atoms with Crippen LogP contribution in [-0.2, 0) is 14.4 Å². The molecule has 2 aliphatic rings. The van der Waals surface area contributed by atoms with Crippen LogP contribution in [0.1, 0.15) is 12.0 Å². The molecular weight excluding hydrogens is 446 g/mol. The molecule has 0 aliphatic carbocycles. The molecular formula is C26H33N5O4. The minimum Gasteiger partial charge on any atom is -0.497 e. The maximum absolute atomic E-state index is 13.2. The molecule has 0 bridgehead atoms. The zero-order valence-electron chi connectivity index (χ0n) is 20.3. The summed E-state index contributed by atoms with van der Waals surface area (Å²) in [5, 5.41) is 5.61. The SMILES string of the molecule is COc1cccc(N2CCN(CC(=O)N3CCNC(=O)[C@H]3CC(=O)Nc3ccc(C)cc3)CC2)c1. The quantitative estimate of drug-likeness (QED) is 0.625. The number of hydrogen-bond acceptors (Lipinski definition) is 6. The van der Waals surface area contributed by atoms with Gasteiger partial charge in [-0.05, 0) is 31.2 Å². The molecule has 0 unspecified atom stereocenters. The van der Waals surface area contributed by atoms with Crippen LogP contribution in [0.15, 0.2) is 48.5 Å². The van der Waals surface area contributed by atoms with E-state index >= 15 is 0 Å². The van der Waals surface area contributed by atoms with Crippen LogP contribution in [0.2, 0.25) is 0 Å². The van der Waals surface area contributed by atoms with E-state index in [1.807, 2.05) is 49.4 Å². The third-order valence-corrected chi connectivity index (χ3v) is 6.51. The molecule has 2 aromatic rings. The maximum Gasteiger partial charge on any atom is 0.243 e. The first-order valence-corrected chi connectivity index (χ1v) is 12.0. The fourth-order valence-corrected chi connectivity index (χ4v) is 4.49. The van der Waals surface area contributed by atoms with Crippen LogP contribution >= 0.6 is 0 Å². The van der Waals surface area contributed by atoms with Crippen LogP contribution in [-0.4, -0.2) is 86.5 Å². The summed E-state index contributed by atoms with van der Waals surface area (Å²) in [7, 11) is 1.66. The Morgan fingerprint density at radius 3 is 2.51 bits per heavy atom. The molecule has 0 radical (unpaired) electrons. The molecule has 35 heavy (non-hydrogen) atoms. The molecule has 0 spiro atoms. The molecule has 0 aromatic heterocycles. The molecule has 2 aromatic carbocycles. The van der Waals surface area contributed by atoms with Gasteiger partial charge in [-0.3, -0.25) is 19.3 Å². The lowest BCUT2D eigenvalue weighted by Crippen LogP contribution is -2.60. The van der Waals surface area contributed by atoms with Gasteiger partial charge >= 0.3 is 0 Å². The molecule has 186 valence electrons. The van der Waals surface area contributed by atoms with Crippen molar-refractivity contribution >= 4 is 29.1 Å². The molecule has 0 saturated carbocycles. The minimum atomic E-state index is -0.806. The number of nitrogens with one attached hydrogen (secondary N) is 2. The van der Waals surface area contributed by atoms with Gasteiger partial charge in [-0.1, -0.05) is 23.8 Å². The van der Waals surface area contributed by atoms with Gasteiger partial charge in [0.25, 0.3) is 0 Å². The maximum atomic E-state index is 13.2. The van der Waals surface area contributed by atoms with Crippen LogP contribution in [0.3, 0.4) is 0 Å². The van der Waals surface area contributed by atoms with Crippen molar-refractivity contribution in [1.82, 2.24) is 15.1 Å². The van der Waals surface area contributed by atoms with Gasteiger partial charge in [-0.25, -0.2) is 0 Å². The summed E-state index contributed by atoms with van der Waals surface area (Å²) >= 11 is 0. The van der Waals surface area contributed by atoms with Crippen molar-refractivity contribution in [1.29, 1.82) is 0 Å². The third-order valence-electron chi connectivity index (χ3n) is 6.51. The van der Waals surface area contributed by atoms with Gasteiger partial charge in [0.15, 0.2) is 0 Å². The Morgan fingerprint density at radius 1 is 1.06 bits per heavy atom. The van der Waals surface area contributed by atoms with Gasteiger partial charge in [0.1, 0.15) is 11.8 Å². The number of anilines is 2.